The zero-order chi connectivity index (χ0) is 14.5. The molecule has 1 heterocycles. The summed E-state index contributed by atoms with van der Waals surface area (Å²) in [6.45, 7) is 7.43. The summed E-state index contributed by atoms with van der Waals surface area (Å²) < 4.78 is 0. The zero-order valence-electron chi connectivity index (χ0n) is 12.5. The highest BCUT2D eigenvalue weighted by Crippen LogP contribution is 2.14. The molecule has 1 fully saturated rings. The number of hydrogen-bond acceptors (Lipinski definition) is 2. The lowest BCUT2D eigenvalue weighted by Crippen LogP contribution is -3.12. The summed E-state index contributed by atoms with van der Waals surface area (Å²) in [6, 6.07) is 8.87. The van der Waals surface area contributed by atoms with Gasteiger partial charge in [0.1, 0.15) is 6.54 Å². The predicted octanol–water partition coefficient (Wildman–Crippen LogP) is 0.595. The molecule has 1 aliphatic heterocycles. The van der Waals surface area contributed by atoms with Crippen molar-refractivity contribution < 1.29 is 9.69 Å². The minimum absolute atomic E-state index is 0.0163. The number of hydrazine groups is 1. The maximum Gasteiger partial charge on any atom is 0.242 e. The number of likely N-dealkylation sites (tertiary alicyclic amines) is 1. The van der Waals surface area contributed by atoms with Crippen LogP contribution >= 0.6 is 0 Å². The van der Waals surface area contributed by atoms with Crippen LogP contribution in [-0.2, 0) is 11.3 Å². The van der Waals surface area contributed by atoms with E-state index in [1.165, 1.54) is 16.0 Å². The van der Waals surface area contributed by atoms with Crippen LogP contribution in [0.4, 0.5) is 0 Å². The number of hydrogen-bond donors (Lipinski definition) is 3. The molecule has 0 saturated carbocycles. The van der Waals surface area contributed by atoms with Crippen molar-refractivity contribution in [2.75, 3.05) is 13.1 Å². The van der Waals surface area contributed by atoms with E-state index in [-0.39, 0.29) is 11.8 Å². The van der Waals surface area contributed by atoms with Crippen molar-refractivity contribution >= 4 is 5.91 Å². The van der Waals surface area contributed by atoms with E-state index in [1.807, 2.05) is 0 Å². The molecule has 4 heteroatoms. The maximum atomic E-state index is 11.6. The van der Waals surface area contributed by atoms with Crippen LogP contribution in [0.2, 0.25) is 0 Å². The Labute approximate surface area is 121 Å². The highest BCUT2D eigenvalue weighted by Gasteiger charge is 2.28. The number of carbonyl (C=O) groups is 1. The quantitative estimate of drug-likeness (QED) is 0.428. The Morgan fingerprint density at radius 3 is 2.70 bits per heavy atom. The number of carbonyl (C=O) groups excluding carboxylic acids is 1. The second kappa shape index (κ2) is 6.86. The highest BCUT2D eigenvalue weighted by molar-refractivity contribution is 5.78. The minimum Gasteiger partial charge on any atom is -0.331 e. The summed E-state index contributed by atoms with van der Waals surface area (Å²) >= 11 is 0. The van der Waals surface area contributed by atoms with Gasteiger partial charge in [-0.3, -0.25) is 10.2 Å². The Morgan fingerprint density at radius 2 is 2.10 bits per heavy atom. The van der Waals surface area contributed by atoms with E-state index in [2.05, 4.69) is 43.5 Å². The molecular weight excluding hydrogens is 250 g/mol. The van der Waals surface area contributed by atoms with E-state index in [9.17, 15) is 4.79 Å². The van der Waals surface area contributed by atoms with Gasteiger partial charge >= 0.3 is 0 Å². The van der Waals surface area contributed by atoms with Crippen molar-refractivity contribution in [2.45, 2.75) is 39.2 Å². The van der Waals surface area contributed by atoms with Gasteiger partial charge < -0.3 is 4.90 Å². The molecule has 0 aliphatic carbocycles. The van der Waals surface area contributed by atoms with E-state index >= 15 is 0 Å². The Bertz CT molecular complexity index is 442. The molecule has 0 aromatic heterocycles. The van der Waals surface area contributed by atoms with E-state index in [4.69, 9.17) is 5.84 Å². The Balaban J connectivity index is 1.94. The number of rotatable bonds is 4. The van der Waals surface area contributed by atoms with E-state index in [1.54, 1.807) is 0 Å². The van der Waals surface area contributed by atoms with Crippen LogP contribution in [-0.4, -0.2) is 19.0 Å². The molecule has 2 rings (SSSR count). The van der Waals surface area contributed by atoms with Crippen LogP contribution < -0.4 is 16.2 Å². The molecule has 1 unspecified atom stereocenters. The Kier molecular flexibility index (Phi) is 5.15. The largest absolute Gasteiger partial charge is 0.331 e. The number of amides is 1. The summed E-state index contributed by atoms with van der Waals surface area (Å²) in [4.78, 5) is 13.1. The summed E-state index contributed by atoms with van der Waals surface area (Å²) in [5, 5.41) is 0. The zero-order valence-corrected chi connectivity index (χ0v) is 12.5. The molecule has 20 heavy (non-hydrogen) atoms. The Hall–Kier alpha value is -1.39. The normalized spacial score (nSPS) is 22.8. The van der Waals surface area contributed by atoms with Gasteiger partial charge in [-0.2, -0.15) is 0 Å². The van der Waals surface area contributed by atoms with Gasteiger partial charge in [0.05, 0.1) is 19.0 Å². The van der Waals surface area contributed by atoms with Crippen molar-refractivity contribution in [1.29, 1.82) is 0 Å². The van der Waals surface area contributed by atoms with E-state index in [0.29, 0.717) is 5.92 Å². The molecule has 0 radical (unpaired) electrons. The van der Waals surface area contributed by atoms with Crippen LogP contribution in [0, 0.1) is 5.92 Å². The second-order valence-electron chi connectivity index (χ2n) is 6.12. The van der Waals surface area contributed by atoms with Gasteiger partial charge in [0.2, 0.25) is 5.91 Å². The first kappa shape index (κ1) is 15.0. The van der Waals surface area contributed by atoms with Gasteiger partial charge in [-0.25, -0.2) is 5.84 Å². The molecule has 1 saturated heterocycles. The topological polar surface area (TPSA) is 59.6 Å². The van der Waals surface area contributed by atoms with Crippen molar-refractivity contribution in [3.05, 3.63) is 35.4 Å². The van der Waals surface area contributed by atoms with Crippen molar-refractivity contribution in [1.82, 2.24) is 5.43 Å². The first-order chi connectivity index (χ1) is 9.60. The first-order valence-corrected chi connectivity index (χ1v) is 7.53. The summed E-state index contributed by atoms with van der Waals surface area (Å²) in [5.74, 6) is 5.86. The van der Waals surface area contributed by atoms with Gasteiger partial charge in [-0.1, -0.05) is 38.1 Å². The number of nitrogens with one attached hydrogen (secondary N) is 2. The van der Waals surface area contributed by atoms with E-state index < -0.39 is 0 Å². The lowest BCUT2D eigenvalue weighted by molar-refractivity contribution is -0.921. The van der Waals surface area contributed by atoms with E-state index in [0.717, 1.165) is 32.5 Å². The monoisotopic (exact) mass is 276 g/mol. The van der Waals surface area contributed by atoms with Crippen LogP contribution in [0.15, 0.2) is 24.3 Å². The molecule has 1 amide bonds. The first-order valence-electron chi connectivity index (χ1n) is 7.53. The van der Waals surface area contributed by atoms with Crippen LogP contribution in [0.5, 0.6) is 0 Å². The number of piperidine rings is 1. The highest BCUT2D eigenvalue weighted by atomic mass is 16.2. The van der Waals surface area contributed by atoms with Crippen molar-refractivity contribution in [3.63, 3.8) is 0 Å². The molecule has 1 aromatic carbocycles. The number of quaternary nitrogens is 1. The third-order valence-corrected chi connectivity index (χ3v) is 4.23. The average molecular weight is 276 g/mol. The number of nitrogens with two attached hydrogens (primary N) is 1. The summed E-state index contributed by atoms with van der Waals surface area (Å²) in [6.07, 6.45) is 2.05. The molecule has 0 spiro atoms. The van der Waals surface area contributed by atoms with Gasteiger partial charge in [-0.05, 0) is 24.3 Å². The fourth-order valence-electron chi connectivity index (χ4n) is 2.96. The predicted molar refractivity (Wildman–Crippen MR) is 80.0 cm³/mol. The molecule has 110 valence electrons. The summed E-state index contributed by atoms with van der Waals surface area (Å²) in [5.41, 5.74) is 5.01. The minimum atomic E-state index is -0.0163. The molecule has 2 atom stereocenters. The third kappa shape index (κ3) is 3.81. The third-order valence-electron chi connectivity index (χ3n) is 4.23. The molecule has 1 aliphatic rings. The maximum absolute atomic E-state index is 11.6. The van der Waals surface area contributed by atoms with Gasteiger partial charge in [0, 0.05) is 5.56 Å². The standard InChI is InChI=1S/C16H25N3O/c1-12(2)14-7-5-13(6-8-14)10-19-9-3-4-15(11-19)16(20)18-17/h5-8,12,15H,3-4,9-11,17H2,1-2H3,(H,18,20)/p+1/t15-/m1/s1. The van der Waals surface area contributed by atoms with Crippen LogP contribution in [0.25, 0.3) is 0 Å². The molecule has 0 bridgehead atoms. The molecule has 4 nitrogen and oxygen atoms in total. The molecule has 4 N–H and O–H groups in total. The fraction of sp³-hybridized carbons (Fsp3) is 0.562. The second-order valence-corrected chi connectivity index (χ2v) is 6.12. The lowest BCUT2D eigenvalue weighted by atomic mass is 9.96. The fourth-order valence-corrected chi connectivity index (χ4v) is 2.96. The average Bonchev–Trinajstić information content (AvgIpc) is 2.47. The smallest absolute Gasteiger partial charge is 0.242 e. The lowest BCUT2D eigenvalue weighted by Gasteiger charge is -2.28. The van der Waals surface area contributed by atoms with Crippen LogP contribution in [0.1, 0.15) is 43.7 Å². The SMILES string of the molecule is CC(C)c1ccc(C[NH+]2CCC[C@@H](C(=O)NN)C2)cc1. The van der Waals surface area contributed by atoms with Gasteiger partial charge in [0.25, 0.3) is 0 Å². The Morgan fingerprint density at radius 1 is 1.40 bits per heavy atom. The van der Waals surface area contributed by atoms with Crippen LogP contribution in [0.3, 0.4) is 0 Å². The number of benzene rings is 1. The van der Waals surface area contributed by atoms with Gasteiger partial charge in [0.15, 0.2) is 0 Å². The van der Waals surface area contributed by atoms with Crippen molar-refractivity contribution in [2.24, 2.45) is 11.8 Å². The van der Waals surface area contributed by atoms with Gasteiger partial charge in [-0.15, -0.1) is 0 Å². The molecule has 1 aromatic rings. The molecular formula is C16H26N3O+. The summed E-state index contributed by atoms with van der Waals surface area (Å²) in [7, 11) is 0. The van der Waals surface area contributed by atoms with Crippen molar-refractivity contribution in [3.8, 4) is 0 Å².